The van der Waals surface area contributed by atoms with Gasteiger partial charge in [0.1, 0.15) is 20.7 Å². The van der Waals surface area contributed by atoms with E-state index in [1.165, 1.54) is 0 Å². The van der Waals surface area contributed by atoms with Crippen molar-refractivity contribution in [1.29, 1.82) is 0 Å². The average Bonchev–Trinajstić information content (AvgIpc) is 3.69. The molecule has 0 saturated carbocycles. The Hall–Kier alpha value is -2.33. The summed E-state index contributed by atoms with van der Waals surface area (Å²) >= 11 is 15.0. The number of fused-ring (bicyclic) bond motifs is 4. The number of aromatic amines is 2. The van der Waals surface area contributed by atoms with E-state index in [9.17, 15) is 30.0 Å². The van der Waals surface area contributed by atoms with Crippen LogP contribution in [0.15, 0.2) is 106 Å². The molecule has 10 rings (SSSR count). The zero-order chi connectivity index (χ0) is 40.3. The molecule has 14 heteroatoms. The first kappa shape index (κ1) is 45.7. The van der Waals surface area contributed by atoms with Crippen molar-refractivity contribution in [2.75, 3.05) is 0 Å². The zero-order valence-electron chi connectivity index (χ0n) is 33.0. The van der Waals surface area contributed by atoms with Crippen molar-refractivity contribution in [3.05, 3.63) is 149 Å². The van der Waals surface area contributed by atoms with Crippen molar-refractivity contribution >= 4 is 56.5 Å². The van der Waals surface area contributed by atoms with Gasteiger partial charge in [0.25, 0.3) is 11.1 Å². The summed E-state index contributed by atoms with van der Waals surface area (Å²) in [7, 11) is 0. The molecule has 4 heterocycles. The number of phenolic OH excluding ortho intramolecular Hbond substituents is 1. The Bertz CT molecular complexity index is 2870. The van der Waals surface area contributed by atoms with E-state index in [0.717, 1.165) is 102 Å². The molecule has 2 atom stereocenters. The largest absolute Gasteiger partial charge is 1.00 e. The molecule has 3 aromatic heterocycles. The van der Waals surface area contributed by atoms with Crippen LogP contribution in [0.25, 0.3) is 43.6 Å². The van der Waals surface area contributed by atoms with Crippen LogP contribution in [-0.4, -0.2) is 24.6 Å². The van der Waals surface area contributed by atoms with Gasteiger partial charge in [-0.3, -0.25) is 9.59 Å². The molecule has 0 bridgehead atoms. The van der Waals surface area contributed by atoms with Crippen LogP contribution in [0, 0.1) is 0 Å². The van der Waals surface area contributed by atoms with Crippen LogP contribution in [0.2, 0.25) is 4.34 Å². The fraction of sp³-hybridized carbons (Fsp3) is 0.217. The van der Waals surface area contributed by atoms with Gasteiger partial charge in [-0.25, -0.2) is 0 Å². The molecule has 2 aliphatic carbocycles. The van der Waals surface area contributed by atoms with Crippen LogP contribution in [0.4, 0.5) is 0 Å². The van der Waals surface area contributed by atoms with Gasteiger partial charge >= 0.3 is 80.9 Å². The van der Waals surface area contributed by atoms with Gasteiger partial charge in [0, 0.05) is 27.0 Å². The third-order valence-electron chi connectivity index (χ3n) is 11.5. The first-order chi connectivity index (χ1) is 28.0. The molecule has 60 heavy (non-hydrogen) atoms. The van der Waals surface area contributed by atoms with Gasteiger partial charge in [0.05, 0.1) is 16.0 Å². The van der Waals surface area contributed by atoms with Gasteiger partial charge in [0.15, 0.2) is 0 Å². The van der Waals surface area contributed by atoms with E-state index in [1.807, 2.05) is 54.6 Å². The van der Waals surface area contributed by atoms with Crippen LogP contribution in [0.1, 0.15) is 65.0 Å². The molecule has 0 fully saturated rings. The number of thiophene rings is 1. The molecular formula is C46H36Cl2KN2NaO6S2. The number of rotatable bonds is 4. The summed E-state index contributed by atoms with van der Waals surface area (Å²) in [6, 6.07) is 27.7. The third kappa shape index (κ3) is 8.41. The summed E-state index contributed by atoms with van der Waals surface area (Å²) in [4.78, 5) is 31.4. The van der Waals surface area contributed by atoms with Crippen LogP contribution < -0.4 is 102 Å². The van der Waals surface area contributed by atoms with Gasteiger partial charge in [0.2, 0.25) is 0 Å². The molecule has 4 aromatic carbocycles. The van der Waals surface area contributed by atoms with Crippen molar-refractivity contribution in [2.45, 2.75) is 66.7 Å². The molecule has 4 N–H and O–H groups in total. The van der Waals surface area contributed by atoms with E-state index in [4.69, 9.17) is 23.2 Å². The van der Waals surface area contributed by atoms with Gasteiger partial charge in [-0.2, -0.15) is 0 Å². The summed E-state index contributed by atoms with van der Waals surface area (Å²) < 4.78 is -1.56. The zero-order valence-corrected chi connectivity index (χ0v) is 41.3. The second-order valence-electron chi connectivity index (χ2n) is 14.9. The van der Waals surface area contributed by atoms with Crippen molar-refractivity contribution in [3.8, 4) is 50.6 Å². The minimum atomic E-state index is -1.94. The van der Waals surface area contributed by atoms with E-state index < -0.39 is 15.9 Å². The van der Waals surface area contributed by atoms with Gasteiger partial charge < -0.3 is 30.4 Å². The minimum absolute atomic E-state index is 0. The summed E-state index contributed by atoms with van der Waals surface area (Å²) in [6.45, 7) is 0. The number of benzene rings is 4. The monoisotopic (exact) mass is 908 g/mol. The quantitative estimate of drug-likeness (QED) is 0.156. The third-order valence-corrected chi connectivity index (χ3v) is 14.3. The molecule has 0 spiro atoms. The van der Waals surface area contributed by atoms with Crippen molar-refractivity contribution in [1.82, 2.24) is 9.97 Å². The standard InChI is InChI=1S/C23H18ClNO3S.C23H19ClNO3S.K.Na/c24-21-17(15-11-10-12-6-4-5-9-14(12)19(15)26)18-20(27)16(13-7-2-1-3-8-13)22(28)25-23(18)29-21;24-23(28)19(16-11-10-14-8-4-5-9-15(14)20(16)26)18-12-17(13-6-2-1-3-7-13)21(27)25-22(18)29-23;;/h1-3,7-8,10-11,26H,4-6,9H2,(H2,25,27,28);1-3,6-7,10-12,19,26H,4-5,8-9H2,(H,25,27);;/q;-1;2*+1/p-1. The number of hydrogen-bond donors (Lipinski definition) is 4. The normalized spacial score (nSPS) is 17.6. The number of pyridine rings is 2. The first-order valence-electron chi connectivity index (χ1n) is 19.2. The smallest absolute Gasteiger partial charge is 0.872 e. The minimum Gasteiger partial charge on any atom is -0.872 e. The topological polar surface area (TPSA) is 152 Å². The molecule has 0 saturated heterocycles. The fourth-order valence-corrected chi connectivity index (χ4v) is 11.6. The fourth-order valence-electron chi connectivity index (χ4n) is 8.68. The number of aromatic hydroxyl groups is 2. The molecule has 7 aromatic rings. The van der Waals surface area contributed by atoms with Crippen molar-refractivity contribution in [3.63, 3.8) is 0 Å². The molecule has 1 aliphatic heterocycles. The second-order valence-corrected chi connectivity index (χ2v) is 18.5. The Labute approximate surface area is 429 Å². The maximum Gasteiger partial charge on any atom is 1.00 e. The number of halogens is 2. The van der Waals surface area contributed by atoms with Crippen LogP contribution in [0.3, 0.4) is 0 Å². The molecule has 294 valence electrons. The number of aromatic nitrogens is 2. The Morgan fingerprint density at radius 2 is 1.30 bits per heavy atom. The number of nitrogens with one attached hydrogen (secondary N) is 2. The molecular weight excluding hydrogens is 874 g/mol. The molecule has 2 unspecified atom stereocenters. The summed E-state index contributed by atoms with van der Waals surface area (Å²) in [6.07, 6.45) is 7.65. The number of alkyl halides is 1. The van der Waals surface area contributed by atoms with E-state index in [2.05, 4.69) is 9.97 Å². The molecule has 0 amide bonds. The maximum absolute atomic E-state index is 13.3. The van der Waals surface area contributed by atoms with E-state index in [0.29, 0.717) is 53.0 Å². The average molecular weight is 910 g/mol. The van der Waals surface area contributed by atoms with Crippen LogP contribution >= 0.6 is 46.3 Å². The Morgan fingerprint density at radius 3 is 1.98 bits per heavy atom. The molecule has 0 radical (unpaired) electrons. The summed E-state index contributed by atoms with van der Waals surface area (Å²) in [5.41, 5.74) is 7.57. The number of aryl methyl sites for hydroxylation is 2. The van der Waals surface area contributed by atoms with E-state index >= 15 is 0 Å². The van der Waals surface area contributed by atoms with Crippen molar-refractivity contribution in [2.24, 2.45) is 0 Å². The van der Waals surface area contributed by atoms with Gasteiger partial charge in [-0.05, 0) is 96.4 Å². The maximum atomic E-state index is 13.3. The summed E-state index contributed by atoms with van der Waals surface area (Å²) in [5.74, 6) is -0.773. The predicted octanol–water partition coefficient (Wildman–Crippen LogP) is 3.36. The van der Waals surface area contributed by atoms with E-state index in [1.54, 1.807) is 36.4 Å². The van der Waals surface area contributed by atoms with E-state index in [-0.39, 0.29) is 109 Å². The first-order valence-corrected chi connectivity index (χ1v) is 21.6. The number of H-pyrrole nitrogens is 2. The Balaban J connectivity index is 0.000000176. The number of phenols is 1. The SMILES string of the molecule is O=c1[nH]c2c(cc1-c1ccccc1)C(c1ccc3c(c1O)CCCC3)C([O-])(Cl)S2.O=c1[nH]c2sc(Cl)c(-c3ccc4c(c3[O-])CCCC4)c2c(O)c1-c1ccccc1.[K+].[Na+]. The molecule has 8 nitrogen and oxygen atoms in total. The van der Waals surface area contributed by atoms with Gasteiger partial charge in [-0.1, -0.05) is 108 Å². The number of hydrogen-bond acceptors (Lipinski definition) is 8. The Morgan fingerprint density at radius 1 is 0.700 bits per heavy atom. The summed E-state index contributed by atoms with van der Waals surface area (Å²) in [5, 5.41) is 49.5. The predicted molar refractivity (Wildman–Crippen MR) is 230 cm³/mol. The van der Waals surface area contributed by atoms with Crippen LogP contribution in [0.5, 0.6) is 17.2 Å². The van der Waals surface area contributed by atoms with Crippen molar-refractivity contribution < 1.29 is 101 Å². The Kier molecular flexibility index (Phi) is 14.3. The van der Waals surface area contributed by atoms with Gasteiger partial charge in [-0.15, -0.1) is 34.7 Å². The van der Waals surface area contributed by atoms with Crippen LogP contribution in [-0.2, 0) is 25.7 Å². The number of thioether (sulfide) groups is 1. The molecule has 3 aliphatic rings. The second kappa shape index (κ2) is 18.8.